The highest BCUT2D eigenvalue weighted by atomic mass is 127. The summed E-state index contributed by atoms with van der Waals surface area (Å²) in [6.07, 6.45) is 3.85. The van der Waals surface area contributed by atoms with Gasteiger partial charge >= 0.3 is 5.97 Å². The first-order valence-electron chi connectivity index (χ1n) is 13.3. The molecule has 0 aliphatic carbocycles. The third-order valence-electron chi connectivity index (χ3n) is 6.48. The quantitative estimate of drug-likeness (QED) is 0.113. The SMILES string of the molecule is CCOC(=O)C1=C(c2ccccc2)N=c2s/c(=C\c3cc(I)cc(I)c3OC(C)C)c(=O)n2[C@H]1c1ccc(SC)cc1. The number of esters is 1. The summed E-state index contributed by atoms with van der Waals surface area (Å²) in [6.45, 7) is 5.94. The molecule has 0 fully saturated rings. The van der Waals surface area contributed by atoms with Crippen molar-refractivity contribution in [3.8, 4) is 5.75 Å². The molecule has 0 N–H and O–H groups in total. The predicted molar refractivity (Wildman–Crippen MR) is 187 cm³/mol. The van der Waals surface area contributed by atoms with E-state index in [1.807, 2.05) is 92.9 Å². The first kappa shape index (κ1) is 31.0. The topological polar surface area (TPSA) is 69.9 Å². The van der Waals surface area contributed by atoms with Crippen molar-refractivity contribution in [2.75, 3.05) is 12.9 Å². The second kappa shape index (κ2) is 13.5. The summed E-state index contributed by atoms with van der Waals surface area (Å²) in [4.78, 5) is 34.4. The van der Waals surface area contributed by atoms with E-state index in [1.54, 1.807) is 23.3 Å². The molecule has 0 radical (unpaired) electrons. The number of carbonyl (C=O) groups excluding carboxylic acids is 1. The number of nitrogens with zero attached hydrogens (tertiary/aromatic N) is 2. The number of benzene rings is 3. The van der Waals surface area contributed by atoms with Gasteiger partial charge in [0.15, 0.2) is 4.80 Å². The lowest BCUT2D eigenvalue weighted by Crippen LogP contribution is -2.40. The molecule has 3 aromatic carbocycles. The highest BCUT2D eigenvalue weighted by molar-refractivity contribution is 14.1. The molecule has 6 nitrogen and oxygen atoms in total. The van der Waals surface area contributed by atoms with Crippen LogP contribution >= 0.6 is 68.3 Å². The summed E-state index contributed by atoms with van der Waals surface area (Å²) in [5.41, 5.74) is 3.03. The van der Waals surface area contributed by atoms with Gasteiger partial charge in [0, 0.05) is 19.6 Å². The van der Waals surface area contributed by atoms with Crippen LogP contribution in [0.4, 0.5) is 0 Å². The van der Waals surface area contributed by atoms with E-state index < -0.39 is 12.0 Å². The molecular formula is C32H28I2N2O4S2. The van der Waals surface area contributed by atoms with E-state index in [1.165, 1.54) is 11.3 Å². The predicted octanol–water partition coefficient (Wildman–Crippen LogP) is 6.65. The molecule has 0 spiro atoms. The molecule has 216 valence electrons. The summed E-state index contributed by atoms with van der Waals surface area (Å²) >= 11 is 7.48. The van der Waals surface area contributed by atoms with Gasteiger partial charge in [0.2, 0.25) is 0 Å². The Hall–Kier alpha value is -2.42. The van der Waals surface area contributed by atoms with E-state index in [2.05, 4.69) is 45.2 Å². The van der Waals surface area contributed by atoms with Crippen LogP contribution in [0.1, 0.15) is 43.5 Å². The van der Waals surface area contributed by atoms with Crippen LogP contribution < -0.4 is 19.6 Å². The van der Waals surface area contributed by atoms with Crippen molar-refractivity contribution in [1.82, 2.24) is 4.57 Å². The summed E-state index contributed by atoms with van der Waals surface area (Å²) in [5.74, 6) is 0.242. The van der Waals surface area contributed by atoms with Gasteiger partial charge in [-0.1, -0.05) is 53.8 Å². The van der Waals surface area contributed by atoms with Gasteiger partial charge in [0.1, 0.15) is 5.75 Å². The van der Waals surface area contributed by atoms with E-state index in [9.17, 15) is 9.59 Å². The van der Waals surface area contributed by atoms with Crippen LogP contribution in [0.15, 0.2) is 87.0 Å². The second-order valence-corrected chi connectivity index (χ2v) is 14.0. The number of thiazole rings is 1. The number of halogens is 2. The van der Waals surface area contributed by atoms with Crippen molar-refractivity contribution in [2.45, 2.75) is 37.8 Å². The zero-order valence-electron chi connectivity index (χ0n) is 23.4. The average molecular weight is 823 g/mol. The fourth-order valence-corrected chi connectivity index (χ4v) is 8.15. The Morgan fingerprint density at radius 3 is 2.48 bits per heavy atom. The fourth-order valence-electron chi connectivity index (χ4n) is 4.73. The second-order valence-electron chi connectivity index (χ2n) is 9.68. The number of hydrogen-bond donors (Lipinski definition) is 0. The number of hydrogen-bond acceptors (Lipinski definition) is 7. The van der Waals surface area contributed by atoms with E-state index in [0.29, 0.717) is 20.6 Å². The molecule has 1 atom stereocenters. The minimum atomic E-state index is -0.712. The number of carbonyl (C=O) groups is 1. The third kappa shape index (κ3) is 6.41. The van der Waals surface area contributed by atoms with Crippen LogP contribution in [0.5, 0.6) is 5.75 Å². The average Bonchev–Trinajstić information content (AvgIpc) is 3.28. The van der Waals surface area contributed by atoms with Crippen LogP contribution in [0, 0.1) is 7.14 Å². The van der Waals surface area contributed by atoms with Crippen LogP contribution in [0.3, 0.4) is 0 Å². The summed E-state index contributed by atoms with van der Waals surface area (Å²) in [7, 11) is 0. The molecule has 42 heavy (non-hydrogen) atoms. The van der Waals surface area contributed by atoms with Crippen molar-refractivity contribution in [3.63, 3.8) is 0 Å². The van der Waals surface area contributed by atoms with Crippen LogP contribution in [-0.4, -0.2) is 29.5 Å². The van der Waals surface area contributed by atoms with Gasteiger partial charge in [-0.3, -0.25) is 9.36 Å². The Morgan fingerprint density at radius 2 is 1.83 bits per heavy atom. The van der Waals surface area contributed by atoms with Crippen LogP contribution in [-0.2, 0) is 9.53 Å². The summed E-state index contributed by atoms with van der Waals surface area (Å²) < 4.78 is 15.9. The third-order valence-corrected chi connectivity index (χ3v) is 9.63. The molecule has 0 saturated carbocycles. The number of thioether (sulfide) groups is 1. The van der Waals surface area contributed by atoms with Crippen molar-refractivity contribution >= 4 is 86.0 Å². The fraction of sp³-hybridized carbons (Fsp3) is 0.219. The van der Waals surface area contributed by atoms with E-state index in [0.717, 1.165) is 34.5 Å². The first-order valence-corrected chi connectivity index (χ1v) is 17.5. The molecule has 4 aromatic rings. The maximum absolute atomic E-state index is 14.3. The minimum Gasteiger partial charge on any atom is -0.489 e. The van der Waals surface area contributed by atoms with Gasteiger partial charge in [0.05, 0.1) is 38.1 Å². The molecule has 1 aliphatic heterocycles. The van der Waals surface area contributed by atoms with Crippen LogP contribution in [0.25, 0.3) is 11.8 Å². The zero-order chi connectivity index (χ0) is 30.0. The Balaban J connectivity index is 1.82. The summed E-state index contributed by atoms with van der Waals surface area (Å²) in [6, 6.07) is 20.9. The lowest BCUT2D eigenvalue weighted by molar-refractivity contribution is -0.138. The lowest BCUT2D eigenvalue weighted by atomic mass is 9.93. The van der Waals surface area contributed by atoms with E-state index in [-0.39, 0.29) is 18.3 Å². The molecular weight excluding hydrogens is 794 g/mol. The molecule has 5 rings (SSSR count). The number of rotatable bonds is 8. The molecule has 2 heterocycles. The standard InChI is InChI=1S/C32H28I2N2O4S2/c1-5-39-31(38)26-27(19-9-7-6-8-10-19)35-32-36(28(26)20-11-13-23(41-4)14-12-20)30(37)25(42-32)16-21-15-22(33)17-24(34)29(21)40-18(2)3/h6-18,28H,5H2,1-4H3/b25-16-/t28-/m0/s1. The molecule has 0 amide bonds. The van der Waals surface area contributed by atoms with Crippen molar-refractivity contribution in [3.05, 3.63) is 116 Å². The first-order chi connectivity index (χ1) is 20.2. The molecule has 0 bridgehead atoms. The van der Waals surface area contributed by atoms with Crippen molar-refractivity contribution < 1.29 is 14.3 Å². The van der Waals surface area contributed by atoms with Gasteiger partial charge in [-0.15, -0.1) is 11.8 Å². The maximum Gasteiger partial charge on any atom is 0.338 e. The number of aromatic nitrogens is 1. The smallest absolute Gasteiger partial charge is 0.338 e. The monoisotopic (exact) mass is 822 g/mol. The Bertz CT molecular complexity index is 1850. The van der Waals surface area contributed by atoms with E-state index in [4.69, 9.17) is 14.5 Å². The normalized spacial score (nSPS) is 15.0. The largest absolute Gasteiger partial charge is 0.489 e. The lowest BCUT2D eigenvalue weighted by Gasteiger charge is -2.26. The number of ether oxygens (including phenoxy) is 2. The Labute approximate surface area is 279 Å². The Morgan fingerprint density at radius 1 is 1.12 bits per heavy atom. The minimum absolute atomic E-state index is 0.0308. The summed E-state index contributed by atoms with van der Waals surface area (Å²) in [5, 5.41) is 0. The van der Waals surface area contributed by atoms with Crippen molar-refractivity contribution in [2.24, 2.45) is 4.99 Å². The van der Waals surface area contributed by atoms with Crippen LogP contribution in [0.2, 0.25) is 0 Å². The van der Waals surface area contributed by atoms with Gasteiger partial charge in [-0.2, -0.15) is 0 Å². The molecule has 0 saturated heterocycles. The number of fused-ring (bicyclic) bond motifs is 1. The Kier molecular flexibility index (Phi) is 9.95. The van der Waals surface area contributed by atoms with Gasteiger partial charge in [0.25, 0.3) is 5.56 Å². The molecule has 10 heteroatoms. The van der Waals surface area contributed by atoms with Crippen molar-refractivity contribution in [1.29, 1.82) is 0 Å². The molecule has 1 aromatic heterocycles. The van der Waals surface area contributed by atoms with Gasteiger partial charge in [-0.25, -0.2) is 9.79 Å². The van der Waals surface area contributed by atoms with Gasteiger partial charge < -0.3 is 9.47 Å². The molecule has 1 aliphatic rings. The van der Waals surface area contributed by atoms with E-state index >= 15 is 0 Å². The maximum atomic E-state index is 14.3. The molecule has 0 unspecified atom stereocenters. The zero-order valence-corrected chi connectivity index (χ0v) is 29.3. The van der Waals surface area contributed by atoms with Gasteiger partial charge in [-0.05, 0) is 108 Å². The highest BCUT2D eigenvalue weighted by Crippen LogP contribution is 2.36. The highest BCUT2D eigenvalue weighted by Gasteiger charge is 2.35.